The number of phenols is 2. The molecule has 2 aromatic carbocycles. The molecular formula is C14H13BCl2O5. The summed E-state index contributed by atoms with van der Waals surface area (Å²) in [5, 5.41) is 29.7. The maximum atomic E-state index is 9.62. The minimum Gasteiger partial charge on any atom is -0.508 e. The number of benzene rings is 2. The lowest BCUT2D eigenvalue weighted by Gasteiger charge is -2.11. The molecule has 0 aliphatic carbocycles. The molecule has 2 aromatic rings. The fourth-order valence-electron chi connectivity index (χ4n) is 1.71. The molecule has 0 aromatic heterocycles. The molecule has 22 heavy (non-hydrogen) atoms. The Morgan fingerprint density at radius 2 is 1.23 bits per heavy atom. The van der Waals surface area contributed by atoms with E-state index in [-0.39, 0.29) is 24.7 Å². The molecule has 0 aliphatic rings. The van der Waals surface area contributed by atoms with Crippen molar-refractivity contribution in [1.29, 1.82) is 0 Å². The smallest absolute Gasteiger partial charge is 0.508 e. The van der Waals surface area contributed by atoms with Crippen molar-refractivity contribution in [2.45, 2.75) is 13.2 Å². The Hall–Kier alpha value is -1.44. The summed E-state index contributed by atoms with van der Waals surface area (Å²) in [6.07, 6.45) is 0. The quantitative estimate of drug-likeness (QED) is 0.703. The number of aromatic hydroxyl groups is 2. The first-order chi connectivity index (χ1) is 10.5. The van der Waals surface area contributed by atoms with Crippen LogP contribution >= 0.6 is 23.2 Å². The molecule has 0 radical (unpaired) electrons. The normalized spacial score (nSPS) is 10.7. The number of hydrogen-bond donors (Lipinski definition) is 3. The largest absolute Gasteiger partial charge is 0.637 e. The van der Waals surface area contributed by atoms with Gasteiger partial charge in [-0.15, -0.1) is 0 Å². The molecule has 0 saturated heterocycles. The molecule has 2 rings (SSSR count). The lowest BCUT2D eigenvalue weighted by molar-refractivity contribution is 0.118. The SMILES string of the molecule is OB(OCc1cc(Cl)ccc1O)OCc1cc(Cl)ccc1O. The first-order valence-corrected chi connectivity index (χ1v) is 7.07. The van der Waals surface area contributed by atoms with E-state index in [1.165, 1.54) is 36.4 Å². The van der Waals surface area contributed by atoms with Gasteiger partial charge >= 0.3 is 7.32 Å². The van der Waals surface area contributed by atoms with Crippen LogP contribution in [0.1, 0.15) is 11.1 Å². The predicted octanol–water partition coefficient (Wildman–Crippen LogP) is 3.12. The maximum Gasteiger partial charge on any atom is 0.637 e. The first kappa shape index (κ1) is 16.9. The van der Waals surface area contributed by atoms with E-state index in [9.17, 15) is 15.2 Å². The average molecular weight is 343 g/mol. The van der Waals surface area contributed by atoms with Gasteiger partial charge in [-0.1, -0.05) is 23.2 Å². The highest BCUT2D eigenvalue weighted by molar-refractivity contribution is 6.34. The van der Waals surface area contributed by atoms with Crippen LogP contribution in [0.15, 0.2) is 36.4 Å². The zero-order valence-corrected chi connectivity index (χ0v) is 12.9. The van der Waals surface area contributed by atoms with Gasteiger partial charge in [0.05, 0.1) is 13.2 Å². The molecule has 8 heteroatoms. The van der Waals surface area contributed by atoms with E-state index < -0.39 is 7.32 Å². The average Bonchev–Trinajstić information content (AvgIpc) is 2.49. The van der Waals surface area contributed by atoms with Crippen molar-refractivity contribution in [3.63, 3.8) is 0 Å². The summed E-state index contributed by atoms with van der Waals surface area (Å²) < 4.78 is 10.1. The fourth-order valence-corrected chi connectivity index (χ4v) is 2.10. The molecule has 0 spiro atoms. The van der Waals surface area contributed by atoms with Crippen LogP contribution in [0.25, 0.3) is 0 Å². The van der Waals surface area contributed by atoms with Crippen LogP contribution in [0.3, 0.4) is 0 Å². The van der Waals surface area contributed by atoms with Gasteiger partial charge in [-0.25, -0.2) is 0 Å². The molecule has 0 saturated carbocycles. The van der Waals surface area contributed by atoms with Gasteiger partial charge in [-0.3, -0.25) is 0 Å². The lowest BCUT2D eigenvalue weighted by Crippen LogP contribution is -2.22. The molecule has 0 amide bonds. The van der Waals surface area contributed by atoms with Crippen molar-refractivity contribution in [2.75, 3.05) is 0 Å². The van der Waals surface area contributed by atoms with Gasteiger partial charge in [0.2, 0.25) is 0 Å². The second kappa shape index (κ2) is 7.71. The van der Waals surface area contributed by atoms with Crippen molar-refractivity contribution >= 4 is 30.5 Å². The van der Waals surface area contributed by atoms with E-state index in [1.807, 2.05) is 0 Å². The van der Waals surface area contributed by atoms with Crippen LogP contribution in [-0.4, -0.2) is 22.6 Å². The zero-order chi connectivity index (χ0) is 16.1. The van der Waals surface area contributed by atoms with Crippen molar-refractivity contribution in [3.8, 4) is 11.5 Å². The molecule has 0 unspecified atom stereocenters. The van der Waals surface area contributed by atoms with Crippen LogP contribution < -0.4 is 0 Å². The monoisotopic (exact) mass is 342 g/mol. The summed E-state index contributed by atoms with van der Waals surface area (Å²) in [5.41, 5.74) is 0.835. The first-order valence-electron chi connectivity index (χ1n) is 6.32. The van der Waals surface area contributed by atoms with Crippen LogP contribution in [-0.2, 0) is 22.5 Å². The molecule has 3 N–H and O–H groups in total. The highest BCUT2D eigenvalue weighted by atomic mass is 35.5. The van der Waals surface area contributed by atoms with Gasteiger partial charge in [-0.2, -0.15) is 0 Å². The molecule has 5 nitrogen and oxygen atoms in total. The minimum absolute atomic E-state index is 0.00378. The van der Waals surface area contributed by atoms with Gasteiger partial charge in [0, 0.05) is 21.2 Å². The maximum absolute atomic E-state index is 9.62. The van der Waals surface area contributed by atoms with E-state index in [0.717, 1.165) is 0 Å². The number of hydrogen-bond acceptors (Lipinski definition) is 5. The third-order valence-corrected chi connectivity index (χ3v) is 3.32. The molecule has 116 valence electrons. The molecule has 0 heterocycles. The summed E-state index contributed by atoms with van der Waals surface area (Å²) in [7, 11) is -1.53. The minimum atomic E-state index is -1.53. The summed E-state index contributed by atoms with van der Waals surface area (Å²) in [4.78, 5) is 0. The van der Waals surface area contributed by atoms with Crippen LogP contribution in [0.5, 0.6) is 11.5 Å². The summed E-state index contributed by atoms with van der Waals surface area (Å²) in [5.74, 6) is 0.00757. The Labute approximate surface area is 137 Å². The number of rotatable bonds is 6. The van der Waals surface area contributed by atoms with Gasteiger partial charge in [0.1, 0.15) is 11.5 Å². The van der Waals surface area contributed by atoms with Gasteiger partial charge in [0.25, 0.3) is 0 Å². The lowest BCUT2D eigenvalue weighted by atomic mass is 10.1. The highest BCUT2D eigenvalue weighted by Gasteiger charge is 2.18. The second-order valence-corrected chi connectivity index (χ2v) is 5.35. The summed E-state index contributed by atoms with van der Waals surface area (Å²) >= 11 is 11.6. The van der Waals surface area contributed by atoms with Gasteiger partial charge < -0.3 is 24.5 Å². The third-order valence-electron chi connectivity index (χ3n) is 2.85. The molecular weight excluding hydrogens is 330 g/mol. The Morgan fingerprint density at radius 3 is 1.64 bits per heavy atom. The predicted molar refractivity (Wildman–Crippen MR) is 83.8 cm³/mol. The summed E-state index contributed by atoms with van der Waals surface area (Å²) in [6.45, 7) is -0.176. The van der Waals surface area contributed by atoms with Crippen LogP contribution in [0.2, 0.25) is 10.0 Å². The van der Waals surface area contributed by atoms with Crippen molar-refractivity contribution < 1.29 is 24.5 Å². The van der Waals surface area contributed by atoms with E-state index in [1.54, 1.807) is 0 Å². The van der Waals surface area contributed by atoms with Gasteiger partial charge in [-0.05, 0) is 36.4 Å². The Bertz CT molecular complexity index is 598. The number of halogens is 2. The standard InChI is InChI=1S/C14H13BCl2O5/c16-11-1-3-13(18)9(5-11)7-21-15(20)22-8-10-6-12(17)2-4-14(10)19/h1-6,18-20H,7-8H2. The third kappa shape index (κ3) is 4.79. The van der Waals surface area contributed by atoms with Crippen molar-refractivity contribution in [2.24, 2.45) is 0 Å². The molecule has 0 aliphatic heterocycles. The van der Waals surface area contributed by atoms with Crippen molar-refractivity contribution in [3.05, 3.63) is 57.6 Å². The van der Waals surface area contributed by atoms with Crippen molar-refractivity contribution in [1.82, 2.24) is 0 Å². The Balaban J connectivity index is 1.86. The number of phenolic OH excluding ortho intramolecular Hbond substituents is 2. The van der Waals surface area contributed by atoms with E-state index >= 15 is 0 Å². The van der Waals surface area contributed by atoms with E-state index in [2.05, 4.69) is 0 Å². The molecule has 0 atom stereocenters. The van der Waals surface area contributed by atoms with Crippen LogP contribution in [0, 0.1) is 0 Å². The van der Waals surface area contributed by atoms with E-state index in [4.69, 9.17) is 32.5 Å². The molecule has 0 bridgehead atoms. The fraction of sp³-hybridized carbons (Fsp3) is 0.143. The topological polar surface area (TPSA) is 79.2 Å². The van der Waals surface area contributed by atoms with Crippen LogP contribution in [0.4, 0.5) is 0 Å². The van der Waals surface area contributed by atoms with E-state index in [0.29, 0.717) is 21.2 Å². The Kier molecular flexibility index (Phi) is 5.94. The second-order valence-electron chi connectivity index (χ2n) is 4.48. The summed E-state index contributed by atoms with van der Waals surface area (Å²) in [6, 6.07) is 8.97. The van der Waals surface area contributed by atoms with Gasteiger partial charge in [0.15, 0.2) is 0 Å². The molecule has 0 fully saturated rings. The highest BCUT2D eigenvalue weighted by Crippen LogP contribution is 2.24. The Morgan fingerprint density at radius 1 is 0.818 bits per heavy atom. The zero-order valence-electron chi connectivity index (χ0n) is 11.4.